The molecular formula is C12H20N2OS. The van der Waals surface area contributed by atoms with E-state index in [0.717, 1.165) is 26.1 Å². The highest BCUT2D eigenvalue weighted by Crippen LogP contribution is 2.27. The molecule has 2 heterocycles. The Labute approximate surface area is 101 Å². The van der Waals surface area contributed by atoms with E-state index in [1.807, 2.05) is 6.20 Å². The third-order valence-electron chi connectivity index (χ3n) is 2.82. The van der Waals surface area contributed by atoms with E-state index >= 15 is 0 Å². The Morgan fingerprint density at radius 1 is 1.56 bits per heavy atom. The first kappa shape index (κ1) is 12.0. The van der Waals surface area contributed by atoms with Gasteiger partial charge in [0.25, 0.3) is 0 Å². The van der Waals surface area contributed by atoms with E-state index in [9.17, 15) is 5.11 Å². The van der Waals surface area contributed by atoms with Gasteiger partial charge >= 0.3 is 0 Å². The highest BCUT2D eigenvalue weighted by atomic mass is 32.1. The van der Waals surface area contributed by atoms with Gasteiger partial charge in [0.05, 0.1) is 11.1 Å². The van der Waals surface area contributed by atoms with E-state index in [4.69, 9.17) is 0 Å². The molecule has 1 aromatic rings. The molecule has 1 N–H and O–H groups in total. The molecule has 2 rings (SSSR count). The summed E-state index contributed by atoms with van der Waals surface area (Å²) in [5.41, 5.74) is 0.146. The fourth-order valence-electron chi connectivity index (χ4n) is 1.90. The first-order chi connectivity index (χ1) is 7.45. The SMILES string of the molecule is CC(C)(C)c1ncc(CN2CC[C@H](O)C2)s1. The normalized spacial score (nSPS) is 22.9. The van der Waals surface area contributed by atoms with Crippen LogP contribution in [0.3, 0.4) is 0 Å². The van der Waals surface area contributed by atoms with Gasteiger partial charge in [-0.2, -0.15) is 0 Å². The Hall–Kier alpha value is -0.450. The molecule has 0 amide bonds. The lowest BCUT2D eigenvalue weighted by Crippen LogP contribution is -2.20. The van der Waals surface area contributed by atoms with E-state index < -0.39 is 0 Å². The molecule has 90 valence electrons. The molecule has 1 aliphatic heterocycles. The molecule has 3 nitrogen and oxygen atoms in total. The second-order valence-corrected chi connectivity index (χ2v) is 6.67. The molecule has 1 aromatic heterocycles. The molecule has 0 saturated carbocycles. The Morgan fingerprint density at radius 3 is 2.81 bits per heavy atom. The number of likely N-dealkylation sites (tertiary alicyclic amines) is 1. The van der Waals surface area contributed by atoms with Gasteiger partial charge in [0, 0.05) is 36.1 Å². The number of thiazole rings is 1. The van der Waals surface area contributed by atoms with E-state index in [0.29, 0.717) is 0 Å². The average molecular weight is 240 g/mol. The second kappa shape index (κ2) is 4.43. The number of hydrogen-bond donors (Lipinski definition) is 1. The van der Waals surface area contributed by atoms with E-state index in [1.54, 1.807) is 11.3 Å². The number of rotatable bonds is 2. The average Bonchev–Trinajstić information content (AvgIpc) is 2.74. The summed E-state index contributed by atoms with van der Waals surface area (Å²) in [7, 11) is 0. The van der Waals surface area contributed by atoms with Crippen molar-refractivity contribution in [1.82, 2.24) is 9.88 Å². The number of aliphatic hydroxyl groups is 1. The van der Waals surface area contributed by atoms with Crippen LogP contribution in [0, 0.1) is 0 Å². The minimum absolute atomic E-state index is 0.130. The van der Waals surface area contributed by atoms with Gasteiger partial charge in [-0.05, 0) is 6.42 Å². The molecule has 0 aromatic carbocycles. The zero-order valence-electron chi connectivity index (χ0n) is 10.2. The van der Waals surface area contributed by atoms with Crippen molar-refractivity contribution in [3.63, 3.8) is 0 Å². The van der Waals surface area contributed by atoms with Crippen molar-refractivity contribution in [2.24, 2.45) is 0 Å². The molecule has 1 atom stereocenters. The van der Waals surface area contributed by atoms with Crippen LogP contribution in [-0.4, -0.2) is 34.2 Å². The van der Waals surface area contributed by atoms with E-state index in [2.05, 4.69) is 30.7 Å². The third kappa shape index (κ3) is 2.81. The first-order valence-corrected chi connectivity index (χ1v) is 6.62. The van der Waals surface area contributed by atoms with Crippen LogP contribution in [0.1, 0.15) is 37.1 Å². The number of aliphatic hydroxyl groups excluding tert-OH is 1. The molecule has 1 saturated heterocycles. The van der Waals surface area contributed by atoms with Crippen molar-refractivity contribution >= 4 is 11.3 Å². The first-order valence-electron chi connectivity index (χ1n) is 5.81. The number of hydrogen-bond acceptors (Lipinski definition) is 4. The standard InChI is InChI=1S/C12H20N2OS/c1-12(2,3)11-13-6-10(16-11)8-14-5-4-9(15)7-14/h6,9,15H,4-5,7-8H2,1-3H3/t9-/m0/s1. The summed E-state index contributed by atoms with van der Waals surface area (Å²) in [5.74, 6) is 0. The van der Waals surface area contributed by atoms with Crippen molar-refractivity contribution in [2.45, 2.75) is 45.3 Å². The van der Waals surface area contributed by atoms with Gasteiger partial charge in [0.15, 0.2) is 0 Å². The Balaban J connectivity index is 1.98. The highest BCUT2D eigenvalue weighted by molar-refractivity contribution is 7.11. The number of aromatic nitrogens is 1. The molecule has 4 heteroatoms. The molecule has 16 heavy (non-hydrogen) atoms. The topological polar surface area (TPSA) is 36.4 Å². The molecule has 0 bridgehead atoms. The lowest BCUT2D eigenvalue weighted by atomic mass is 9.98. The minimum Gasteiger partial charge on any atom is -0.392 e. The minimum atomic E-state index is -0.130. The molecule has 0 unspecified atom stereocenters. The van der Waals surface area contributed by atoms with Crippen molar-refractivity contribution < 1.29 is 5.11 Å². The van der Waals surface area contributed by atoms with Crippen LogP contribution in [0.15, 0.2) is 6.20 Å². The number of β-amino-alcohol motifs (C(OH)–C–C–N with tert-alkyl or cyclic N) is 1. The highest BCUT2D eigenvalue weighted by Gasteiger charge is 2.22. The van der Waals surface area contributed by atoms with Gasteiger partial charge in [-0.15, -0.1) is 11.3 Å². The smallest absolute Gasteiger partial charge is 0.0981 e. The maximum atomic E-state index is 9.46. The predicted molar refractivity (Wildman–Crippen MR) is 66.7 cm³/mol. The Bertz CT molecular complexity index is 356. The Morgan fingerprint density at radius 2 is 2.31 bits per heavy atom. The van der Waals surface area contributed by atoms with Crippen LogP contribution < -0.4 is 0 Å². The molecule has 0 aliphatic carbocycles. The lowest BCUT2D eigenvalue weighted by Gasteiger charge is -2.14. The third-order valence-corrected chi connectivity index (χ3v) is 4.23. The largest absolute Gasteiger partial charge is 0.392 e. The van der Waals surface area contributed by atoms with Crippen LogP contribution >= 0.6 is 11.3 Å². The molecular weight excluding hydrogens is 220 g/mol. The van der Waals surface area contributed by atoms with Gasteiger partial charge < -0.3 is 5.11 Å². The summed E-state index contributed by atoms with van der Waals surface area (Å²) in [6, 6.07) is 0. The van der Waals surface area contributed by atoms with Crippen molar-refractivity contribution in [2.75, 3.05) is 13.1 Å². The maximum absolute atomic E-state index is 9.46. The summed E-state index contributed by atoms with van der Waals surface area (Å²) in [6.07, 6.45) is 2.76. The summed E-state index contributed by atoms with van der Waals surface area (Å²) in [5, 5.41) is 10.7. The fourth-order valence-corrected chi connectivity index (χ4v) is 2.92. The molecule has 1 fully saturated rings. The maximum Gasteiger partial charge on any atom is 0.0981 e. The quantitative estimate of drug-likeness (QED) is 0.859. The second-order valence-electron chi connectivity index (χ2n) is 5.56. The fraction of sp³-hybridized carbons (Fsp3) is 0.750. The van der Waals surface area contributed by atoms with Gasteiger partial charge in [-0.1, -0.05) is 20.8 Å². The van der Waals surface area contributed by atoms with Crippen molar-refractivity contribution in [3.05, 3.63) is 16.1 Å². The van der Waals surface area contributed by atoms with Gasteiger partial charge in [0.2, 0.25) is 0 Å². The molecule has 1 aliphatic rings. The van der Waals surface area contributed by atoms with Gasteiger partial charge in [-0.25, -0.2) is 4.98 Å². The monoisotopic (exact) mass is 240 g/mol. The van der Waals surface area contributed by atoms with Crippen LogP contribution in [-0.2, 0) is 12.0 Å². The van der Waals surface area contributed by atoms with Crippen LogP contribution in [0.4, 0.5) is 0 Å². The molecule has 0 radical (unpaired) electrons. The summed E-state index contributed by atoms with van der Waals surface area (Å²) in [6.45, 7) is 9.32. The van der Waals surface area contributed by atoms with Crippen molar-refractivity contribution in [1.29, 1.82) is 0 Å². The Kier molecular flexibility index (Phi) is 3.33. The zero-order valence-corrected chi connectivity index (χ0v) is 11.0. The number of nitrogens with zero attached hydrogens (tertiary/aromatic N) is 2. The predicted octanol–water partition coefficient (Wildman–Crippen LogP) is 2.01. The van der Waals surface area contributed by atoms with E-state index in [1.165, 1.54) is 9.88 Å². The van der Waals surface area contributed by atoms with Crippen LogP contribution in [0.5, 0.6) is 0 Å². The summed E-state index contributed by atoms with van der Waals surface area (Å²) < 4.78 is 0. The lowest BCUT2D eigenvalue weighted by molar-refractivity contribution is 0.175. The van der Waals surface area contributed by atoms with Crippen molar-refractivity contribution in [3.8, 4) is 0 Å². The van der Waals surface area contributed by atoms with E-state index in [-0.39, 0.29) is 11.5 Å². The van der Waals surface area contributed by atoms with Crippen LogP contribution in [0.2, 0.25) is 0 Å². The summed E-state index contributed by atoms with van der Waals surface area (Å²) >= 11 is 1.79. The van der Waals surface area contributed by atoms with Crippen LogP contribution in [0.25, 0.3) is 0 Å². The van der Waals surface area contributed by atoms with Gasteiger partial charge in [-0.3, -0.25) is 4.90 Å². The van der Waals surface area contributed by atoms with Gasteiger partial charge in [0.1, 0.15) is 0 Å². The summed E-state index contributed by atoms with van der Waals surface area (Å²) in [4.78, 5) is 8.08. The zero-order chi connectivity index (χ0) is 11.8. The molecule has 0 spiro atoms.